The molecule has 1 rings (SSSR count). The number of hydrogen-bond donors (Lipinski definition) is 0. The van der Waals surface area contributed by atoms with Gasteiger partial charge in [0.05, 0.1) is 13.5 Å². The first kappa shape index (κ1) is 11.4. The molecule has 1 aromatic rings. The Bertz CT molecular complexity index is 332. The molecule has 0 bridgehead atoms. The maximum atomic E-state index is 10.8. The van der Waals surface area contributed by atoms with Crippen LogP contribution in [0.25, 0.3) is 0 Å². The van der Waals surface area contributed by atoms with Crippen molar-refractivity contribution in [3.63, 3.8) is 0 Å². The molecule has 0 fully saturated rings. The summed E-state index contributed by atoms with van der Waals surface area (Å²) in [4.78, 5) is 21.1. The van der Waals surface area contributed by atoms with Gasteiger partial charge in [-0.05, 0) is 5.56 Å². The Morgan fingerprint density at radius 3 is 2.47 bits per heavy atom. The Balaban J connectivity index is 2.22. The summed E-state index contributed by atoms with van der Waals surface area (Å²) in [5.41, 5.74) is 0.950. The van der Waals surface area contributed by atoms with Crippen LogP contribution in [0.2, 0.25) is 0 Å². The summed E-state index contributed by atoms with van der Waals surface area (Å²) in [6, 6.07) is 9.38. The van der Waals surface area contributed by atoms with Crippen LogP contribution in [0.5, 0.6) is 0 Å². The van der Waals surface area contributed by atoms with E-state index in [1.807, 2.05) is 30.3 Å². The second-order valence-corrected chi connectivity index (χ2v) is 2.82. The van der Waals surface area contributed by atoms with Crippen LogP contribution in [0.3, 0.4) is 0 Å². The summed E-state index contributed by atoms with van der Waals surface area (Å²) in [5.74, 6) is -1.60. The zero-order valence-corrected chi connectivity index (χ0v) is 8.14. The second-order valence-electron chi connectivity index (χ2n) is 2.82. The van der Waals surface area contributed by atoms with Gasteiger partial charge in [0.15, 0.2) is 0 Å². The number of rotatable bonds is 4. The zero-order chi connectivity index (χ0) is 11.1. The van der Waals surface area contributed by atoms with E-state index in [1.54, 1.807) is 0 Å². The normalized spacial score (nSPS) is 9.67. The van der Waals surface area contributed by atoms with Crippen molar-refractivity contribution in [1.29, 1.82) is 0 Å². The molecular formula is C11H11O4. The van der Waals surface area contributed by atoms with Gasteiger partial charge in [-0.25, -0.2) is 4.79 Å². The fourth-order valence-corrected chi connectivity index (χ4v) is 0.983. The molecule has 0 unspecified atom stereocenters. The lowest BCUT2D eigenvalue weighted by Gasteiger charge is -2.02. The van der Waals surface area contributed by atoms with Crippen molar-refractivity contribution in [2.75, 3.05) is 6.61 Å². The minimum absolute atomic E-state index is 0.254. The number of hydrogen-bond acceptors (Lipinski definition) is 4. The van der Waals surface area contributed by atoms with E-state index in [9.17, 15) is 9.59 Å². The average molecular weight is 207 g/mol. The molecule has 0 saturated heterocycles. The molecule has 0 spiro atoms. The predicted molar refractivity (Wildman–Crippen MR) is 52.6 cm³/mol. The lowest BCUT2D eigenvalue weighted by molar-refractivity contribution is -0.160. The van der Waals surface area contributed by atoms with Crippen LogP contribution in [0.15, 0.2) is 30.3 Å². The summed E-state index contributed by atoms with van der Waals surface area (Å²) >= 11 is 0. The van der Waals surface area contributed by atoms with E-state index in [0.717, 1.165) is 5.56 Å². The molecule has 0 aromatic heterocycles. The number of carbonyl (C=O) groups is 2. The van der Waals surface area contributed by atoms with Gasteiger partial charge in [0.1, 0.15) is 6.61 Å². The molecule has 1 aromatic carbocycles. The summed E-state index contributed by atoms with van der Waals surface area (Å²) in [6.45, 7) is 2.96. The lowest BCUT2D eigenvalue weighted by Crippen LogP contribution is -2.15. The minimum atomic E-state index is -0.872. The van der Waals surface area contributed by atoms with E-state index in [-0.39, 0.29) is 6.61 Å². The third kappa shape index (κ3) is 4.93. The van der Waals surface area contributed by atoms with Crippen LogP contribution in [-0.2, 0) is 25.7 Å². The first-order valence-corrected chi connectivity index (χ1v) is 4.37. The van der Waals surface area contributed by atoms with Crippen molar-refractivity contribution in [3.8, 4) is 0 Å². The number of esters is 2. The fraction of sp³-hybridized carbons (Fsp3) is 0.182. The molecule has 0 aliphatic heterocycles. The van der Waals surface area contributed by atoms with Crippen LogP contribution in [-0.4, -0.2) is 18.5 Å². The fourth-order valence-electron chi connectivity index (χ4n) is 0.983. The van der Waals surface area contributed by atoms with Crippen LogP contribution in [0.1, 0.15) is 5.56 Å². The summed E-state index contributed by atoms with van der Waals surface area (Å²) in [5, 5.41) is 0. The highest BCUT2D eigenvalue weighted by Crippen LogP contribution is 2.00. The van der Waals surface area contributed by atoms with Gasteiger partial charge in [-0.15, -0.1) is 0 Å². The van der Waals surface area contributed by atoms with E-state index >= 15 is 0 Å². The van der Waals surface area contributed by atoms with Gasteiger partial charge in [-0.3, -0.25) is 4.79 Å². The zero-order valence-electron chi connectivity index (χ0n) is 8.14. The maximum absolute atomic E-state index is 10.8. The summed E-state index contributed by atoms with van der Waals surface area (Å²) < 4.78 is 9.20. The van der Waals surface area contributed by atoms with E-state index in [2.05, 4.69) is 11.7 Å². The Morgan fingerprint density at radius 1 is 1.20 bits per heavy atom. The van der Waals surface area contributed by atoms with Crippen molar-refractivity contribution in [1.82, 2.24) is 0 Å². The molecule has 0 atom stereocenters. The van der Waals surface area contributed by atoms with Crippen LogP contribution in [0.4, 0.5) is 0 Å². The van der Waals surface area contributed by atoms with Gasteiger partial charge in [-0.2, -0.15) is 0 Å². The molecule has 79 valence electrons. The Kier molecular flexibility index (Phi) is 4.50. The van der Waals surface area contributed by atoms with Crippen LogP contribution < -0.4 is 0 Å². The van der Waals surface area contributed by atoms with Gasteiger partial charge >= 0.3 is 11.9 Å². The van der Waals surface area contributed by atoms with Gasteiger partial charge in [0.2, 0.25) is 0 Å². The minimum Gasteiger partial charge on any atom is -0.391 e. The number of benzene rings is 1. The molecule has 0 aliphatic carbocycles. The van der Waals surface area contributed by atoms with Gasteiger partial charge < -0.3 is 9.47 Å². The Hall–Kier alpha value is -1.68. The standard InChI is InChI=1S/C11H11O4/c1-9(12)15-11(13)8-14-7-10-5-3-2-4-6-10/h2-6H,1,7-8H2. The van der Waals surface area contributed by atoms with Crippen molar-refractivity contribution in [3.05, 3.63) is 42.8 Å². The highest BCUT2D eigenvalue weighted by Gasteiger charge is 2.05. The highest BCUT2D eigenvalue weighted by atomic mass is 16.6. The third-order valence-electron chi connectivity index (χ3n) is 1.56. The second kappa shape index (κ2) is 5.93. The molecule has 0 N–H and O–H groups in total. The molecule has 1 radical (unpaired) electrons. The highest BCUT2D eigenvalue weighted by molar-refractivity contribution is 5.88. The maximum Gasteiger partial charge on any atom is 0.339 e. The number of ether oxygens (including phenoxy) is 2. The van der Waals surface area contributed by atoms with E-state index in [0.29, 0.717) is 6.61 Å². The first-order chi connectivity index (χ1) is 7.18. The topological polar surface area (TPSA) is 52.6 Å². The van der Waals surface area contributed by atoms with Crippen molar-refractivity contribution >= 4 is 11.9 Å². The molecule has 0 amide bonds. The largest absolute Gasteiger partial charge is 0.391 e. The molecule has 0 heterocycles. The quantitative estimate of drug-likeness (QED) is 0.548. The van der Waals surface area contributed by atoms with Crippen molar-refractivity contribution in [2.24, 2.45) is 0 Å². The van der Waals surface area contributed by atoms with E-state index in [4.69, 9.17) is 4.74 Å². The smallest absolute Gasteiger partial charge is 0.339 e. The predicted octanol–water partition coefficient (Wildman–Crippen LogP) is 1.11. The number of carbonyl (C=O) groups excluding carboxylic acids is 2. The Labute approximate surface area is 87.8 Å². The lowest BCUT2D eigenvalue weighted by atomic mass is 10.2. The molecule has 4 heteroatoms. The SMILES string of the molecule is [CH2]C(=O)OC(=O)COCc1ccccc1. The first-order valence-electron chi connectivity index (χ1n) is 4.37. The van der Waals surface area contributed by atoms with Crippen molar-refractivity contribution < 1.29 is 19.1 Å². The van der Waals surface area contributed by atoms with Gasteiger partial charge in [-0.1, -0.05) is 30.3 Å². The Morgan fingerprint density at radius 2 is 1.87 bits per heavy atom. The van der Waals surface area contributed by atoms with Gasteiger partial charge in [0, 0.05) is 0 Å². The molecule has 4 nitrogen and oxygen atoms in total. The third-order valence-corrected chi connectivity index (χ3v) is 1.56. The van der Waals surface area contributed by atoms with Crippen LogP contribution in [0, 0.1) is 6.92 Å². The van der Waals surface area contributed by atoms with E-state index in [1.165, 1.54) is 0 Å². The molecule has 15 heavy (non-hydrogen) atoms. The van der Waals surface area contributed by atoms with Gasteiger partial charge in [0.25, 0.3) is 0 Å². The molecular weight excluding hydrogens is 196 g/mol. The monoisotopic (exact) mass is 207 g/mol. The summed E-state index contributed by atoms with van der Waals surface area (Å²) in [7, 11) is 0. The van der Waals surface area contributed by atoms with Crippen molar-refractivity contribution in [2.45, 2.75) is 6.61 Å². The summed E-state index contributed by atoms with van der Waals surface area (Å²) in [6.07, 6.45) is 0. The molecule has 0 saturated carbocycles. The van der Waals surface area contributed by atoms with E-state index < -0.39 is 11.9 Å². The molecule has 0 aliphatic rings. The van der Waals surface area contributed by atoms with Crippen LogP contribution >= 0.6 is 0 Å². The average Bonchev–Trinajstić information content (AvgIpc) is 2.18.